The van der Waals surface area contributed by atoms with E-state index in [1.165, 1.54) is 18.2 Å². The molecule has 1 heterocycles. The van der Waals surface area contributed by atoms with Gasteiger partial charge in [-0.05, 0) is 17.5 Å². The molecule has 2 N–H and O–H groups in total. The number of carbonyl (C=O) groups excluding carboxylic acids is 1. The van der Waals surface area contributed by atoms with Crippen molar-refractivity contribution in [3.05, 3.63) is 35.4 Å². The fourth-order valence-electron chi connectivity index (χ4n) is 2.14. The minimum atomic E-state index is -0.561. The highest BCUT2D eigenvalue weighted by Crippen LogP contribution is 2.29. The first-order valence-corrected chi connectivity index (χ1v) is 7.48. The van der Waals surface area contributed by atoms with Gasteiger partial charge in [0, 0.05) is 11.5 Å². The molecule has 0 bridgehead atoms. The van der Waals surface area contributed by atoms with E-state index in [9.17, 15) is 4.79 Å². The van der Waals surface area contributed by atoms with Crippen molar-refractivity contribution in [1.82, 2.24) is 0 Å². The van der Waals surface area contributed by atoms with E-state index < -0.39 is 6.04 Å². The number of esters is 1. The van der Waals surface area contributed by atoms with E-state index >= 15 is 0 Å². The topological polar surface area (TPSA) is 61.5 Å². The van der Waals surface area contributed by atoms with Gasteiger partial charge in [-0.1, -0.05) is 24.3 Å². The predicted octanol–water partition coefficient (Wildman–Crippen LogP) is 1.53. The van der Waals surface area contributed by atoms with E-state index in [1.54, 1.807) is 11.8 Å². The molecule has 4 nitrogen and oxygen atoms in total. The van der Waals surface area contributed by atoms with Gasteiger partial charge >= 0.3 is 5.97 Å². The molecule has 1 aromatic carbocycles. The highest BCUT2D eigenvalue weighted by Gasteiger charge is 2.21. The highest BCUT2D eigenvalue weighted by molar-refractivity contribution is 7.99. The molecule has 0 fully saturated rings. The quantitative estimate of drug-likeness (QED) is 0.829. The molecule has 0 spiro atoms. The molecule has 1 aromatic rings. The number of benzene rings is 1. The Balaban J connectivity index is 1.86. The number of ether oxygens (including phenoxy) is 2. The van der Waals surface area contributed by atoms with Gasteiger partial charge in [0.25, 0.3) is 0 Å². The van der Waals surface area contributed by atoms with Gasteiger partial charge in [-0.3, -0.25) is 4.79 Å². The Bertz CT molecular complexity index is 438. The summed E-state index contributed by atoms with van der Waals surface area (Å²) in [4.78, 5) is 11.2. The molecule has 0 saturated carbocycles. The normalized spacial score (nSPS) is 19.6. The zero-order chi connectivity index (χ0) is 13.7. The summed E-state index contributed by atoms with van der Waals surface area (Å²) < 4.78 is 10.4. The van der Waals surface area contributed by atoms with E-state index in [2.05, 4.69) is 22.9 Å². The van der Waals surface area contributed by atoms with Gasteiger partial charge in [0.05, 0.1) is 19.8 Å². The zero-order valence-electron chi connectivity index (χ0n) is 11.0. The lowest BCUT2D eigenvalue weighted by molar-refractivity contribution is -0.141. The van der Waals surface area contributed by atoms with Gasteiger partial charge in [-0.15, -0.1) is 0 Å². The first kappa shape index (κ1) is 14.4. The van der Waals surface area contributed by atoms with Crippen molar-refractivity contribution >= 4 is 17.7 Å². The molecule has 5 heteroatoms. The molecule has 0 saturated heterocycles. The molecule has 2 atom stereocenters. The number of rotatable bonds is 5. The highest BCUT2D eigenvalue weighted by atomic mass is 32.2. The average molecular weight is 281 g/mol. The second-order valence-corrected chi connectivity index (χ2v) is 5.55. The molecule has 104 valence electrons. The maximum absolute atomic E-state index is 11.2. The molecule has 2 unspecified atom stereocenters. The Morgan fingerprint density at radius 1 is 1.58 bits per heavy atom. The summed E-state index contributed by atoms with van der Waals surface area (Å²) in [6.07, 6.45) is 1.07. The van der Waals surface area contributed by atoms with Crippen LogP contribution in [-0.2, 0) is 20.7 Å². The van der Waals surface area contributed by atoms with Crippen LogP contribution in [0.15, 0.2) is 24.3 Å². The van der Waals surface area contributed by atoms with E-state index in [1.807, 2.05) is 6.07 Å². The van der Waals surface area contributed by atoms with E-state index in [0.29, 0.717) is 5.75 Å². The van der Waals surface area contributed by atoms with Crippen molar-refractivity contribution in [2.75, 3.05) is 25.2 Å². The molecule has 0 aliphatic carbocycles. The van der Waals surface area contributed by atoms with Crippen LogP contribution in [0.25, 0.3) is 0 Å². The summed E-state index contributed by atoms with van der Waals surface area (Å²) in [5.74, 6) is 0.994. The number of fused-ring (bicyclic) bond motifs is 1. The van der Waals surface area contributed by atoms with Gasteiger partial charge in [0.2, 0.25) is 0 Å². The van der Waals surface area contributed by atoms with Gasteiger partial charge in [-0.2, -0.15) is 11.8 Å². The Kier molecular flexibility index (Phi) is 5.24. The summed E-state index contributed by atoms with van der Waals surface area (Å²) >= 11 is 1.62. The number of hydrogen-bond donors (Lipinski definition) is 1. The summed E-state index contributed by atoms with van der Waals surface area (Å²) in [6, 6.07) is 7.79. The van der Waals surface area contributed by atoms with Crippen molar-refractivity contribution in [2.24, 2.45) is 5.73 Å². The number of hydrogen-bond acceptors (Lipinski definition) is 5. The summed E-state index contributed by atoms with van der Waals surface area (Å²) in [6.45, 7) is 0.755. The summed E-state index contributed by atoms with van der Waals surface area (Å²) in [5, 5.41) is 0. The molecule has 2 rings (SSSR count). The Morgan fingerprint density at radius 3 is 3.16 bits per heavy atom. The van der Waals surface area contributed by atoms with Crippen LogP contribution in [0.2, 0.25) is 0 Å². The molecule has 0 amide bonds. The minimum absolute atomic E-state index is 0.0970. The summed E-state index contributed by atoms with van der Waals surface area (Å²) in [7, 11) is 1.35. The minimum Gasteiger partial charge on any atom is -0.468 e. The zero-order valence-corrected chi connectivity index (χ0v) is 11.8. The molecule has 19 heavy (non-hydrogen) atoms. The lowest BCUT2D eigenvalue weighted by Crippen LogP contribution is -2.34. The summed E-state index contributed by atoms with van der Waals surface area (Å²) in [5.41, 5.74) is 8.32. The van der Waals surface area contributed by atoms with E-state index in [4.69, 9.17) is 10.5 Å². The number of methoxy groups -OCH3 is 1. The van der Waals surface area contributed by atoms with Gasteiger partial charge in [0.15, 0.2) is 0 Å². The van der Waals surface area contributed by atoms with Crippen molar-refractivity contribution in [2.45, 2.75) is 18.6 Å². The van der Waals surface area contributed by atoms with Crippen molar-refractivity contribution < 1.29 is 14.3 Å². The maximum atomic E-state index is 11.2. The second kappa shape index (κ2) is 6.93. The van der Waals surface area contributed by atoms with Gasteiger partial charge < -0.3 is 15.2 Å². The predicted molar refractivity (Wildman–Crippen MR) is 76.2 cm³/mol. The smallest absolute Gasteiger partial charge is 0.323 e. The molecule has 1 aliphatic heterocycles. The van der Waals surface area contributed by atoms with Crippen LogP contribution in [0.1, 0.15) is 17.2 Å². The third kappa shape index (κ3) is 3.72. The number of thioether (sulfide) groups is 1. The molecular weight excluding hydrogens is 262 g/mol. The van der Waals surface area contributed by atoms with Gasteiger partial charge in [-0.25, -0.2) is 0 Å². The Labute approximate surface area is 117 Å². The lowest BCUT2D eigenvalue weighted by Gasteiger charge is -2.26. The molecule has 0 aromatic heterocycles. The molecule has 0 radical (unpaired) electrons. The standard InChI is InChI=1S/C14H19NO3S/c1-17-14(16)12(15)8-19-9-13-11-5-3-2-4-10(11)6-7-18-13/h2-5,12-13H,6-9,15H2,1H3. The van der Waals surface area contributed by atoms with Crippen molar-refractivity contribution in [1.29, 1.82) is 0 Å². The fraction of sp³-hybridized carbons (Fsp3) is 0.500. The van der Waals surface area contributed by atoms with Crippen molar-refractivity contribution in [3.8, 4) is 0 Å². The van der Waals surface area contributed by atoms with E-state index in [-0.39, 0.29) is 12.1 Å². The maximum Gasteiger partial charge on any atom is 0.323 e. The SMILES string of the molecule is COC(=O)C(N)CSCC1OCCc2ccccc21. The largest absolute Gasteiger partial charge is 0.468 e. The van der Waals surface area contributed by atoms with Crippen molar-refractivity contribution in [3.63, 3.8) is 0 Å². The lowest BCUT2D eigenvalue weighted by atomic mass is 9.99. The fourth-order valence-corrected chi connectivity index (χ4v) is 3.15. The van der Waals surface area contributed by atoms with Crippen LogP contribution < -0.4 is 5.73 Å². The van der Waals surface area contributed by atoms with Crippen LogP contribution in [0, 0.1) is 0 Å². The van der Waals surface area contributed by atoms with Crippen LogP contribution >= 0.6 is 11.8 Å². The van der Waals surface area contributed by atoms with Crippen LogP contribution in [0.4, 0.5) is 0 Å². The second-order valence-electron chi connectivity index (χ2n) is 4.48. The Morgan fingerprint density at radius 2 is 2.37 bits per heavy atom. The first-order chi connectivity index (χ1) is 9.22. The number of nitrogens with two attached hydrogens (primary N) is 1. The van der Waals surface area contributed by atoms with Gasteiger partial charge in [0.1, 0.15) is 6.04 Å². The first-order valence-electron chi connectivity index (χ1n) is 6.33. The third-order valence-electron chi connectivity index (χ3n) is 3.16. The monoisotopic (exact) mass is 281 g/mol. The van der Waals surface area contributed by atoms with Crippen LogP contribution in [0.5, 0.6) is 0 Å². The third-order valence-corrected chi connectivity index (χ3v) is 4.30. The number of carbonyl (C=O) groups is 1. The average Bonchev–Trinajstić information content (AvgIpc) is 2.46. The van der Waals surface area contributed by atoms with E-state index in [0.717, 1.165) is 18.8 Å². The van der Waals surface area contributed by atoms with Crippen LogP contribution in [-0.4, -0.2) is 37.2 Å². The molecular formula is C14H19NO3S. The molecule has 1 aliphatic rings. The Hall–Kier alpha value is -1.04. The van der Waals surface area contributed by atoms with Crippen LogP contribution in [0.3, 0.4) is 0 Å².